The van der Waals surface area contributed by atoms with Crippen LogP contribution in [0.3, 0.4) is 0 Å². The molecule has 1 amide bonds. The summed E-state index contributed by atoms with van der Waals surface area (Å²) in [6.45, 7) is 5.65. The molecule has 4 aromatic rings. The Labute approximate surface area is 202 Å². The second-order valence-corrected chi connectivity index (χ2v) is 8.37. The zero-order valence-electron chi connectivity index (χ0n) is 19.8. The van der Waals surface area contributed by atoms with Crippen molar-refractivity contribution in [2.75, 3.05) is 24.6 Å². The summed E-state index contributed by atoms with van der Waals surface area (Å²) in [7, 11) is 0. The molecule has 0 aliphatic carbocycles. The molecule has 1 N–H and O–H groups in total. The second-order valence-electron chi connectivity index (χ2n) is 8.37. The number of carbonyl (C=O) groups is 1. The summed E-state index contributed by atoms with van der Waals surface area (Å²) in [5, 5.41) is 7.94. The fourth-order valence-corrected chi connectivity index (χ4v) is 4.29. The molecule has 10 heteroatoms. The first-order chi connectivity index (χ1) is 17.1. The molecule has 10 nitrogen and oxygen atoms in total. The Balaban J connectivity index is 1.23. The predicted octanol–water partition coefficient (Wildman–Crippen LogP) is 3.11. The Kier molecular flexibility index (Phi) is 6.51. The third-order valence-corrected chi connectivity index (χ3v) is 6.00. The van der Waals surface area contributed by atoms with Crippen LogP contribution >= 0.6 is 0 Å². The van der Waals surface area contributed by atoms with Gasteiger partial charge in [0.25, 0.3) is 0 Å². The fraction of sp³-hybridized carbons (Fsp3) is 0.360. The minimum atomic E-state index is -0.316. The van der Waals surface area contributed by atoms with E-state index >= 15 is 0 Å². The molecule has 0 radical (unpaired) electrons. The van der Waals surface area contributed by atoms with E-state index in [1.165, 1.54) is 0 Å². The van der Waals surface area contributed by atoms with Gasteiger partial charge in [-0.1, -0.05) is 5.16 Å². The molecule has 3 aromatic heterocycles. The molecule has 1 atom stereocenters. The van der Waals surface area contributed by atoms with Crippen LogP contribution in [0.2, 0.25) is 0 Å². The molecule has 0 unspecified atom stereocenters. The largest absolute Gasteiger partial charge is 0.494 e. The highest BCUT2D eigenvalue weighted by atomic mass is 16.5. The maximum absolute atomic E-state index is 13.0. The number of hydrogen-bond donors (Lipinski definition) is 1. The first-order valence-electron chi connectivity index (χ1n) is 11.8. The molecule has 1 saturated heterocycles. The zero-order valence-corrected chi connectivity index (χ0v) is 19.8. The summed E-state index contributed by atoms with van der Waals surface area (Å²) in [6, 6.07) is 9.18. The number of rotatable bonds is 8. The minimum absolute atomic E-state index is 0.0532. The van der Waals surface area contributed by atoms with Gasteiger partial charge in [-0.25, -0.2) is 9.97 Å². The molecule has 5 rings (SSSR count). The quantitative estimate of drug-likeness (QED) is 0.412. The van der Waals surface area contributed by atoms with Crippen LogP contribution in [-0.2, 0) is 11.2 Å². The van der Waals surface area contributed by atoms with E-state index in [9.17, 15) is 4.79 Å². The molecular formula is C25H27N7O3. The number of fused-ring (bicyclic) bond motifs is 1. The normalized spacial score (nSPS) is 15.5. The van der Waals surface area contributed by atoms with Crippen molar-refractivity contribution >= 4 is 22.8 Å². The van der Waals surface area contributed by atoms with Crippen LogP contribution in [0.25, 0.3) is 22.3 Å². The molecule has 4 heterocycles. The molecule has 1 aromatic carbocycles. The average molecular weight is 474 g/mol. The van der Waals surface area contributed by atoms with Gasteiger partial charge in [0.1, 0.15) is 11.8 Å². The van der Waals surface area contributed by atoms with Gasteiger partial charge in [-0.3, -0.25) is 9.78 Å². The highest BCUT2D eigenvalue weighted by Gasteiger charge is 2.32. The Bertz CT molecular complexity index is 1330. The van der Waals surface area contributed by atoms with Crippen LogP contribution in [0.5, 0.6) is 5.75 Å². The van der Waals surface area contributed by atoms with Crippen molar-refractivity contribution in [3.63, 3.8) is 0 Å². The summed E-state index contributed by atoms with van der Waals surface area (Å²) < 4.78 is 10.9. The second kappa shape index (κ2) is 10.0. The van der Waals surface area contributed by atoms with Crippen molar-refractivity contribution in [2.24, 2.45) is 0 Å². The Morgan fingerprint density at radius 1 is 1.26 bits per heavy atom. The topological polar surface area (TPSA) is 119 Å². The molecule has 35 heavy (non-hydrogen) atoms. The lowest BCUT2D eigenvalue weighted by atomic mass is 10.2. The van der Waals surface area contributed by atoms with Crippen LogP contribution in [0, 0.1) is 6.92 Å². The van der Waals surface area contributed by atoms with Gasteiger partial charge in [-0.15, -0.1) is 0 Å². The van der Waals surface area contributed by atoms with Crippen molar-refractivity contribution in [1.82, 2.24) is 30.4 Å². The number of aryl methyl sites for hydroxylation is 1. The third-order valence-electron chi connectivity index (χ3n) is 6.00. The van der Waals surface area contributed by atoms with Gasteiger partial charge in [-0.05, 0) is 57.0 Å². The van der Waals surface area contributed by atoms with Crippen molar-refractivity contribution in [3.05, 3.63) is 54.3 Å². The van der Waals surface area contributed by atoms with Gasteiger partial charge in [0.15, 0.2) is 0 Å². The molecule has 1 aliphatic heterocycles. The summed E-state index contributed by atoms with van der Waals surface area (Å²) in [4.78, 5) is 32.9. The van der Waals surface area contributed by atoms with E-state index in [2.05, 4.69) is 20.4 Å². The molecule has 180 valence electrons. The highest BCUT2D eigenvalue weighted by Crippen LogP contribution is 2.28. The van der Waals surface area contributed by atoms with Crippen molar-refractivity contribution in [3.8, 4) is 17.1 Å². The Morgan fingerprint density at radius 2 is 2.17 bits per heavy atom. The van der Waals surface area contributed by atoms with E-state index in [0.717, 1.165) is 47.3 Å². The lowest BCUT2D eigenvalue weighted by molar-refractivity contribution is -0.122. The number of nitrogens with one attached hydrogen (secondary N) is 1. The molecule has 0 spiro atoms. The summed E-state index contributed by atoms with van der Waals surface area (Å²) >= 11 is 0. The van der Waals surface area contributed by atoms with Crippen LogP contribution in [0.4, 0.5) is 5.95 Å². The first-order valence-corrected chi connectivity index (χ1v) is 11.8. The molecule has 1 fully saturated rings. The number of amides is 1. The predicted molar refractivity (Wildman–Crippen MR) is 130 cm³/mol. The monoisotopic (exact) mass is 473 g/mol. The zero-order chi connectivity index (χ0) is 24.2. The number of anilines is 1. The number of pyridine rings is 1. The van der Waals surface area contributed by atoms with E-state index in [0.29, 0.717) is 37.2 Å². The van der Waals surface area contributed by atoms with Crippen LogP contribution in [0.15, 0.2) is 47.2 Å². The summed E-state index contributed by atoms with van der Waals surface area (Å²) in [5.74, 6) is 2.27. The number of hydrogen-bond acceptors (Lipinski definition) is 9. The standard InChI is InChI=1S/C25H27N7O3/c1-3-34-18-8-9-20-19(14-18)16(2)28-25(29-20)32-13-5-7-21(32)24(33)27-12-10-22-30-23(31-35-22)17-6-4-11-26-15-17/h4,6,8-9,11,14-15,21H,3,5,7,10,12-13H2,1-2H3,(H,27,33)/t21-/m1/s1. The van der Waals surface area contributed by atoms with E-state index in [4.69, 9.17) is 19.2 Å². The van der Waals surface area contributed by atoms with Crippen molar-refractivity contribution in [2.45, 2.75) is 39.2 Å². The van der Waals surface area contributed by atoms with Crippen molar-refractivity contribution in [1.29, 1.82) is 0 Å². The number of aromatic nitrogens is 5. The fourth-order valence-electron chi connectivity index (χ4n) is 4.29. The summed E-state index contributed by atoms with van der Waals surface area (Å²) in [5.41, 5.74) is 2.48. The van der Waals surface area contributed by atoms with Gasteiger partial charge in [0.05, 0.1) is 17.8 Å². The lowest BCUT2D eigenvalue weighted by Crippen LogP contribution is -2.44. The van der Waals surface area contributed by atoms with Gasteiger partial charge >= 0.3 is 0 Å². The third kappa shape index (κ3) is 4.91. The number of carbonyl (C=O) groups excluding carboxylic acids is 1. The molecule has 0 saturated carbocycles. The van der Waals surface area contributed by atoms with Crippen LogP contribution in [0.1, 0.15) is 31.4 Å². The smallest absolute Gasteiger partial charge is 0.242 e. The lowest BCUT2D eigenvalue weighted by Gasteiger charge is -2.24. The van der Waals surface area contributed by atoms with E-state index in [1.54, 1.807) is 12.4 Å². The number of nitrogens with zero attached hydrogens (tertiary/aromatic N) is 6. The van der Waals surface area contributed by atoms with E-state index in [-0.39, 0.29) is 11.9 Å². The highest BCUT2D eigenvalue weighted by molar-refractivity contribution is 5.87. The number of ether oxygens (including phenoxy) is 1. The molecule has 0 bridgehead atoms. The average Bonchev–Trinajstić information content (AvgIpc) is 3.55. The maximum atomic E-state index is 13.0. The molecular weight excluding hydrogens is 446 g/mol. The van der Waals surface area contributed by atoms with Gasteiger partial charge in [0.2, 0.25) is 23.6 Å². The minimum Gasteiger partial charge on any atom is -0.494 e. The van der Waals surface area contributed by atoms with Gasteiger partial charge in [0, 0.05) is 42.9 Å². The number of benzene rings is 1. The van der Waals surface area contributed by atoms with E-state index < -0.39 is 0 Å². The van der Waals surface area contributed by atoms with Gasteiger partial charge < -0.3 is 19.5 Å². The molecule has 1 aliphatic rings. The van der Waals surface area contributed by atoms with E-state index in [1.807, 2.05) is 49.1 Å². The van der Waals surface area contributed by atoms with Gasteiger partial charge in [-0.2, -0.15) is 4.98 Å². The SMILES string of the molecule is CCOc1ccc2nc(N3CCC[C@@H]3C(=O)NCCc3nc(-c4cccnc4)no3)nc(C)c2c1. The Hall–Kier alpha value is -4.08. The summed E-state index contributed by atoms with van der Waals surface area (Å²) in [6.07, 6.45) is 5.47. The Morgan fingerprint density at radius 3 is 3.00 bits per heavy atom. The first kappa shape index (κ1) is 22.7. The maximum Gasteiger partial charge on any atom is 0.242 e. The van der Waals surface area contributed by atoms with Crippen molar-refractivity contribution < 1.29 is 14.1 Å². The van der Waals surface area contributed by atoms with Crippen LogP contribution in [-0.4, -0.2) is 56.7 Å². The van der Waals surface area contributed by atoms with Crippen LogP contribution < -0.4 is 15.0 Å².